The molecule has 1 aromatic carbocycles. The lowest BCUT2D eigenvalue weighted by molar-refractivity contribution is 0.458. The summed E-state index contributed by atoms with van der Waals surface area (Å²) in [6, 6.07) is 0.109. The number of hydrogen-bond acceptors (Lipinski definition) is 3. The van der Waals surface area contributed by atoms with Crippen molar-refractivity contribution in [3.05, 3.63) is 29.3 Å². The Morgan fingerprint density at radius 2 is 1.63 bits per heavy atom. The minimum atomic E-state index is -3.19. The average Bonchev–Trinajstić information content (AvgIpc) is 2.35. The molecular formula is C11H13F4NO2S. The van der Waals surface area contributed by atoms with Crippen LogP contribution in [-0.2, 0) is 9.84 Å². The van der Waals surface area contributed by atoms with E-state index >= 15 is 0 Å². The molecule has 108 valence electrons. The number of sulfone groups is 1. The SMILES string of the molecule is CCS(=O)(=O)CCCNc1c(F)c(F)cc(F)c1F. The van der Waals surface area contributed by atoms with Crippen LogP contribution in [0.2, 0.25) is 0 Å². The van der Waals surface area contributed by atoms with E-state index in [2.05, 4.69) is 5.32 Å². The molecule has 1 rings (SSSR count). The number of hydrogen-bond donors (Lipinski definition) is 1. The fourth-order valence-electron chi connectivity index (χ4n) is 1.38. The highest BCUT2D eigenvalue weighted by Crippen LogP contribution is 2.23. The second kappa shape index (κ2) is 6.23. The molecule has 0 unspecified atom stereocenters. The third-order valence-electron chi connectivity index (χ3n) is 2.49. The molecule has 8 heteroatoms. The third kappa shape index (κ3) is 4.09. The van der Waals surface area contributed by atoms with E-state index in [4.69, 9.17) is 0 Å². The van der Waals surface area contributed by atoms with E-state index < -0.39 is 38.8 Å². The number of benzene rings is 1. The fourth-order valence-corrected chi connectivity index (χ4v) is 2.25. The Morgan fingerprint density at radius 1 is 1.11 bits per heavy atom. The Labute approximate surface area is 108 Å². The zero-order valence-electron chi connectivity index (χ0n) is 10.1. The molecule has 0 aliphatic carbocycles. The summed E-state index contributed by atoms with van der Waals surface area (Å²) in [7, 11) is -3.19. The van der Waals surface area contributed by atoms with Gasteiger partial charge in [0.15, 0.2) is 23.3 Å². The van der Waals surface area contributed by atoms with Crippen LogP contribution in [0.4, 0.5) is 23.2 Å². The van der Waals surface area contributed by atoms with Gasteiger partial charge in [0.1, 0.15) is 15.5 Å². The Kier molecular flexibility index (Phi) is 5.16. The van der Waals surface area contributed by atoms with Gasteiger partial charge < -0.3 is 5.32 Å². The van der Waals surface area contributed by atoms with Crippen molar-refractivity contribution < 1.29 is 26.0 Å². The van der Waals surface area contributed by atoms with Crippen molar-refractivity contribution in [2.45, 2.75) is 13.3 Å². The van der Waals surface area contributed by atoms with Crippen molar-refractivity contribution in [3.8, 4) is 0 Å². The number of halogens is 4. The van der Waals surface area contributed by atoms with Gasteiger partial charge in [0.05, 0.1) is 5.75 Å². The van der Waals surface area contributed by atoms with Crippen LogP contribution in [0.25, 0.3) is 0 Å². The summed E-state index contributed by atoms with van der Waals surface area (Å²) >= 11 is 0. The zero-order valence-corrected chi connectivity index (χ0v) is 11.0. The van der Waals surface area contributed by atoms with Gasteiger partial charge in [-0.3, -0.25) is 0 Å². The molecule has 0 aliphatic rings. The molecule has 0 aliphatic heterocycles. The molecule has 19 heavy (non-hydrogen) atoms. The monoisotopic (exact) mass is 299 g/mol. The minimum Gasteiger partial charge on any atom is -0.380 e. The van der Waals surface area contributed by atoms with Crippen LogP contribution in [-0.4, -0.2) is 26.5 Å². The average molecular weight is 299 g/mol. The molecule has 0 saturated carbocycles. The van der Waals surface area contributed by atoms with Gasteiger partial charge in [0.2, 0.25) is 0 Å². The molecule has 0 radical (unpaired) electrons. The summed E-state index contributed by atoms with van der Waals surface area (Å²) < 4.78 is 74.4. The summed E-state index contributed by atoms with van der Waals surface area (Å²) in [5.74, 6) is -6.29. The second-order valence-electron chi connectivity index (χ2n) is 3.86. The van der Waals surface area contributed by atoms with E-state index in [1.54, 1.807) is 0 Å². The first-order chi connectivity index (χ1) is 8.78. The van der Waals surface area contributed by atoms with Gasteiger partial charge in [0.25, 0.3) is 0 Å². The number of anilines is 1. The van der Waals surface area contributed by atoms with E-state index in [-0.39, 0.29) is 30.5 Å². The predicted molar refractivity (Wildman–Crippen MR) is 63.7 cm³/mol. The molecule has 0 amide bonds. The quantitative estimate of drug-likeness (QED) is 0.499. The second-order valence-corrected chi connectivity index (χ2v) is 6.33. The van der Waals surface area contributed by atoms with Crippen LogP contribution < -0.4 is 5.32 Å². The van der Waals surface area contributed by atoms with Gasteiger partial charge in [-0.1, -0.05) is 6.92 Å². The van der Waals surface area contributed by atoms with Gasteiger partial charge in [-0.15, -0.1) is 0 Å². The molecule has 0 saturated heterocycles. The first-order valence-electron chi connectivity index (χ1n) is 5.55. The topological polar surface area (TPSA) is 46.2 Å². The largest absolute Gasteiger partial charge is 0.380 e. The number of rotatable bonds is 6. The molecule has 0 heterocycles. The molecule has 0 spiro atoms. The molecule has 1 N–H and O–H groups in total. The Hall–Kier alpha value is -1.31. The van der Waals surface area contributed by atoms with Crippen LogP contribution >= 0.6 is 0 Å². The molecule has 3 nitrogen and oxygen atoms in total. The summed E-state index contributed by atoms with van der Waals surface area (Å²) in [5, 5.41) is 2.17. The highest BCUT2D eigenvalue weighted by molar-refractivity contribution is 7.91. The Balaban J connectivity index is 2.69. The lowest BCUT2D eigenvalue weighted by atomic mass is 10.2. The smallest absolute Gasteiger partial charge is 0.185 e. The minimum absolute atomic E-state index is 0.0374. The van der Waals surface area contributed by atoms with Crippen LogP contribution in [0.1, 0.15) is 13.3 Å². The van der Waals surface area contributed by atoms with Crippen LogP contribution in [0.3, 0.4) is 0 Å². The van der Waals surface area contributed by atoms with E-state index in [1.807, 2.05) is 0 Å². The third-order valence-corrected chi connectivity index (χ3v) is 4.28. The lowest BCUT2D eigenvalue weighted by Gasteiger charge is -2.09. The normalized spacial score (nSPS) is 11.6. The van der Waals surface area contributed by atoms with E-state index in [0.717, 1.165) is 0 Å². The highest BCUT2D eigenvalue weighted by atomic mass is 32.2. The fraction of sp³-hybridized carbons (Fsp3) is 0.455. The van der Waals surface area contributed by atoms with Crippen LogP contribution in [0, 0.1) is 23.3 Å². The first-order valence-corrected chi connectivity index (χ1v) is 7.38. The maximum atomic E-state index is 13.2. The lowest BCUT2D eigenvalue weighted by Crippen LogP contribution is -2.14. The van der Waals surface area contributed by atoms with Gasteiger partial charge in [-0.2, -0.15) is 0 Å². The van der Waals surface area contributed by atoms with Gasteiger partial charge >= 0.3 is 0 Å². The van der Waals surface area contributed by atoms with Crippen LogP contribution in [0.15, 0.2) is 6.07 Å². The summed E-state index contributed by atoms with van der Waals surface area (Å²) in [5.41, 5.74) is -0.925. The zero-order chi connectivity index (χ0) is 14.6. The van der Waals surface area contributed by atoms with Crippen molar-refractivity contribution >= 4 is 15.5 Å². The van der Waals surface area contributed by atoms with Crippen molar-refractivity contribution in [1.82, 2.24) is 0 Å². The van der Waals surface area contributed by atoms with E-state index in [9.17, 15) is 26.0 Å². The van der Waals surface area contributed by atoms with E-state index in [0.29, 0.717) is 0 Å². The molecule has 0 aromatic heterocycles. The first kappa shape index (κ1) is 15.7. The van der Waals surface area contributed by atoms with E-state index in [1.165, 1.54) is 6.92 Å². The Morgan fingerprint density at radius 3 is 2.11 bits per heavy atom. The van der Waals surface area contributed by atoms with Gasteiger partial charge in [0, 0.05) is 18.4 Å². The summed E-state index contributed by atoms with van der Waals surface area (Å²) in [6.45, 7) is 1.36. The number of nitrogens with one attached hydrogen (secondary N) is 1. The van der Waals surface area contributed by atoms with Gasteiger partial charge in [-0.25, -0.2) is 26.0 Å². The molecule has 0 atom stereocenters. The molecule has 0 fully saturated rings. The molecular weight excluding hydrogens is 286 g/mol. The van der Waals surface area contributed by atoms with Crippen molar-refractivity contribution in [2.75, 3.05) is 23.4 Å². The van der Waals surface area contributed by atoms with Crippen LogP contribution in [0.5, 0.6) is 0 Å². The van der Waals surface area contributed by atoms with Crippen molar-refractivity contribution in [2.24, 2.45) is 0 Å². The molecule has 0 bridgehead atoms. The summed E-state index contributed by atoms with van der Waals surface area (Å²) in [4.78, 5) is 0. The maximum absolute atomic E-state index is 13.2. The van der Waals surface area contributed by atoms with Gasteiger partial charge in [-0.05, 0) is 6.42 Å². The standard InChI is InChI=1S/C11H13F4NO2S/c1-2-19(17,18)5-3-4-16-11-9(14)7(12)6-8(13)10(11)15/h6,16H,2-5H2,1H3. The maximum Gasteiger partial charge on any atom is 0.185 e. The van der Waals surface area contributed by atoms with Crippen molar-refractivity contribution in [3.63, 3.8) is 0 Å². The highest BCUT2D eigenvalue weighted by Gasteiger charge is 2.18. The predicted octanol–water partition coefficient (Wildman–Crippen LogP) is 2.48. The molecule has 1 aromatic rings. The summed E-state index contributed by atoms with van der Waals surface area (Å²) in [6.07, 6.45) is 0.0766. The van der Waals surface area contributed by atoms with Crippen molar-refractivity contribution in [1.29, 1.82) is 0 Å². The Bertz CT molecular complexity index is 534.